The molecule has 1 aliphatic heterocycles. The number of aryl methyl sites for hydroxylation is 1. The molecule has 0 atom stereocenters. The van der Waals surface area contributed by atoms with Crippen molar-refractivity contribution >= 4 is 34.7 Å². The molecule has 1 heterocycles. The molecule has 3 rings (SSSR count). The van der Waals surface area contributed by atoms with Crippen molar-refractivity contribution in [2.24, 2.45) is 0 Å². The van der Waals surface area contributed by atoms with Crippen molar-refractivity contribution in [1.82, 2.24) is 4.90 Å². The summed E-state index contributed by atoms with van der Waals surface area (Å²) < 4.78 is 5.61. The van der Waals surface area contributed by atoms with Crippen molar-refractivity contribution in [2.75, 3.05) is 18.5 Å². The van der Waals surface area contributed by atoms with Crippen LogP contribution in [0.3, 0.4) is 0 Å². The third-order valence-electron chi connectivity index (χ3n) is 4.54. The van der Waals surface area contributed by atoms with Crippen LogP contribution in [-0.2, 0) is 9.59 Å². The molecule has 1 N–H and O–H groups in total. The van der Waals surface area contributed by atoms with Gasteiger partial charge in [-0.2, -0.15) is 0 Å². The van der Waals surface area contributed by atoms with Gasteiger partial charge in [-0.15, -0.1) is 6.58 Å². The topological polar surface area (TPSA) is 58.6 Å². The van der Waals surface area contributed by atoms with Crippen LogP contribution in [0.5, 0.6) is 5.75 Å². The van der Waals surface area contributed by atoms with Crippen LogP contribution in [-0.4, -0.2) is 29.9 Å². The van der Waals surface area contributed by atoms with Crippen molar-refractivity contribution in [3.63, 3.8) is 0 Å². The van der Waals surface area contributed by atoms with E-state index in [1.165, 1.54) is 11.0 Å². The highest BCUT2D eigenvalue weighted by Gasteiger charge is 2.38. The van der Waals surface area contributed by atoms with E-state index in [4.69, 9.17) is 16.3 Å². The quantitative estimate of drug-likeness (QED) is 0.501. The van der Waals surface area contributed by atoms with Gasteiger partial charge in [0, 0.05) is 17.3 Å². The lowest BCUT2D eigenvalue weighted by atomic mass is 10.0. The number of halogens is 1. The predicted octanol–water partition coefficient (Wildman–Crippen LogP) is 4.82. The van der Waals surface area contributed by atoms with Crippen molar-refractivity contribution in [1.29, 1.82) is 0 Å². The molecule has 2 aromatic carbocycles. The van der Waals surface area contributed by atoms with E-state index in [2.05, 4.69) is 11.9 Å². The van der Waals surface area contributed by atoms with Gasteiger partial charge in [-0.3, -0.25) is 14.5 Å². The number of rotatable bonds is 8. The number of benzene rings is 2. The van der Waals surface area contributed by atoms with Crippen molar-refractivity contribution < 1.29 is 14.3 Å². The van der Waals surface area contributed by atoms with Gasteiger partial charge in [-0.05, 0) is 54.8 Å². The smallest absolute Gasteiger partial charge is 0.278 e. The van der Waals surface area contributed by atoms with E-state index in [0.29, 0.717) is 28.5 Å². The van der Waals surface area contributed by atoms with Gasteiger partial charge in [0.25, 0.3) is 11.8 Å². The molecular formula is C23H23ClN2O3. The molecule has 0 spiro atoms. The largest absolute Gasteiger partial charge is 0.494 e. The third kappa shape index (κ3) is 4.35. The van der Waals surface area contributed by atoms with Gasteiger partial charge in [0.05, 0.1) is 12.2 Å². The maximum Gasteiger partial charge on any atom is 0.278 e. The number of ether oxygens (including phenoxy) is 1. The maximum absolute atomic E-state index is 13.0. The Balaban J connectivity index is 2.02. The zero-order valence-electron chi connectivity index (χ0n) is 16.5. The molecule has 0 unspecified atom stereocenters. The normalized spacial score (nSPS) is 13.8. The minimum absolute atomic E-state index is 0.143. The van der Waals surface area contributed by atoms with Gasteiger partial charge in [-0.25, -0.2) is 0 Å². The van der Waals surface area contributed by atoms with Crippen LogP contribution in [0.4, 0.5) is 5.69 Å². The molecule has 0 saturated heterocycles. The van der Waals surface area contributed by atoms with Crippen LogP contribution in [0, 0.1) is 6.92 Å². The molecule has 29 heavy (non-hydrogen) atoms. The lowest BCUT2D eigenvalue weighted by Crippen LogP contribution is -2.32. The molecule has 150 valence electrons. The summed E-state index contributed by atoms with van der Waals surface area (Å²) in [5.41, 5.74) is 2.80. The monoisotopic (exact) mass is 410 g/mol. The van der Waals surface area contributed by atoms with Crippen LogP contribution in [0.15, 0.2) is 60.8 Å². The number of carbonyl (C=O) groups excluding carboxylic acids is 2. The standard InChI is InChI=1S/C23H23ClN2O3/c1-4-12-26-22(27)20(16-6-9-18(10-7-16)29-13-5-2)21(23(26)28)25-19-11-8-17(24)14-15(19)3/h4,6-11,14,25H,1,5,12-13H2,2-3H3. The first-order chi connectivity index (χ1) is 14.0. The first kappa shape index (κ1) is 20.7. The third-order valence-corrected chi connectivity index (χ3v) is 4.78. The molecule has 0 aromatic heterocycles. The van der Waals surface area contributed by atoms with Crippen LogP contribution < -0.4 is 10.1 Å². The highest BCUT2D eigenvalue weighted by atomic mass is 35.5. The lowest BCUT2D eigenvalue weighted by molar-refractivity contribution is -0.136. The Labute approximate surface area is 175 Å². The number of amides is 2. The lowest BCUT2D eigenvalue weighted by Gasteiger charge is -2.13. The fourth-order valence-corrected chi connectivity index (χ4v) is 3.32. The van der Waals surface area contributed by atoms with Crippen LogP contribution in [0.1, 0.15) is 24.5 Å². The molecular weight excluding hydrogens is 388 g/mol. The molecule has 0 saturated carbocycles. The summed E-state index contributed by atoms with van der Waals surface area (Å²) in [7, 11) is 0. The van der Waals surface area contributed by atoms with Gasteiger partial charge in [0.1, 0.15) is 11.4 Å². The molecule has 0 fully saturated rings. The number of carbonyl (C=O) groups is 2. The second kappa shape index (κ2) is 8.97. The summed E-state index contributed by atoms with van der Waals surface area (Å²) in [5.74, 6) is -0.0178. The highest BCUT2D eigenvalue weighted by molar-refractivity contribution is 6.36. The van der Waals surface area contributed by atoms with Crippen LogP contribution in [0.2, 0.25) is 5.02 Å². The first-order valence-corrected chi connectivity index (χ1v) is 9.81. The number of nitrogens with one attached hydrogen (secondary N) is 1. The van der Waals surface area contributed by atoms with E-state index in [1.807, 2.05) is 13.8 Å². The van der Waals surface area contributed by atoms with Crippen molar-refractivity contribution in [3.8, 4) is 5.75 Å². The van der Waals surface area contributed by atoms with E-state index in [0.717, 1.165) is 17.7 Å². The van der Waals surface area contributed by atoms with E-state index < -0.39 is 0 Å². The molecule has 6 heteroatoms. The molecule has 0 radical (unpaired) electrons. The number of hydrogen-bond acceptors (Lipinski definition) is 4. The van der Waals surface area contributed by atoms with Gasteiger partial charge < -0.3 is 10.1 Å². The Morgan fingerprint density at radius 2 is 1.86 bits per heavy atom. The minimum atomic E-state index is -0.384. The predicted molar refractivity (Wildman–Crippen MR) is 116 cm³/mol. The Morgan fingerprint density at radius 3 is 2.48 bits per heavy atom. The Kier molecular flexibility index (Phi) is 6.39. The van der Waals surface area contributed by atoms with E-state index in [1.54, 1.807) is 42.5 Å². The number of imide groups is 1. The highest BCUT2D eigenvalue weighted by Crippen LogP contribution is 2.32. The Morgan fingerprint density at radius 1 is 1.14 bits per heavy atom. The molecule has 5 nitrogen and oxygen atoms in total. The summed E-state index contributed by atoms with van der Waals surface area (Å²) in [5, 5.41) is 3.75. The molecule has 0 aliphatic carbocycles. The number of hydrogen-bond donors (Lipinski definition) is 1. The van der Waals surface area contributed by atoms with Gasteiger partial charge in [0.2, 0.25) is 0 Å². The summed E-state index contributed by atoms with van der Waals surface area (Å²) in [6, 6.07) is 12.5. The zero-order chi connectivity index (χ0) is 21.0. The summed E-state index contributed by atoms with van der Waals surface area (Å²) in [6.45, 7) is 8.33. The second-order valence-electron chi connectivity index (χ2n) is 6.72. The SMILES string of the molecule is C=CCN1C(=O)C(Nc2ccc(Cl)cc2C)=C(c2ccc(OCCC)cc2)C1=O. The van der Waals surface area contributed by atoms with Gasteiger partial charge in [-0.1, -0.05) is 36.7 Å². The van der Waals surface area contributed by atoms with Gasteiger partial charge >= 0.3 is 0 Å². The minimum Gasteiger partial charge on any atom is -0.494 e. The first-order valence-electron chi connectivity index (χ1n) is 9.44. The van der Waals surface area contributed by atoms with Crippen LogP contribution >= 0.6 is 11.6 Å². The average Bonchev–Trinajstić information content (AvgIpc) is 2.93. The van der Waals surface area contributed by atoms with E-state index >= 15 is 0 Å². The van der Waals surface area contributed by atoms with E-state index in [-0.39, 0.29) is 24.1 Å². The second-order valence-corrected chi connectivity index (χ2v) is 7.15. The number of anilines is 1. The van der Waals surface area contributed by atoms with Gasteiger partial charge in [0.15, 0.2) is 0 Å². The Bertz CT molecular complexity index is 980. The summed E-state index contributed by atoms with van der Waals surface area (Å²) >= 11 is 6.03. The maximum atomic E-state index is 13.0. The van der Waals surface area contributed by atoms with Crippen molar-refractivity contribution in [3.05, 3.63) is 77.0 Å². The Hall–Kier alpha value is -3.05. The van der Waals surface area contributed by atoms with E-state index in [9.17, 15) is 9.59 Å². The summed E-state index contributed by atoms with van der Waals surface area (Å²) in [6.07, 6.45) is 2.44. The molecule has 2 aromatic rings. The molecule has 0 bridgehead atoms. The fraction of sp³-hybridized carbons (Fsp3) is 0.217. The molecule has 1 aliphatic rings. The fourth-order valence-electron chi connectivity index (χ4n) is 3.09. The molecule has 2 amide bonds. The summed E-state index contributed by atoms with van der Waals surface area (Å²) in [4.78, 5) is 27.2. The number of nitrogens with zero attached hydrogens (tertiary/aromatic N) is 1. The average molecular weight is 411 g/mol. The van der Waals surface area contributed by atoms with Crippen molar-refractivity contribution in [2.45, 2.75) is 20.3 Å². The van der Waals surface area contributed by atoms with Crippen LogP contribution in [0.25, 0.3) is 5.57 Å². The zero-order valence-corrected chi connectivity index (χ0v) is 17.3.